The number of phenolic OH excluding ortho intramolecular Hbond substituents is 1. The van der Waals surface area contributed by atoms with Gasteiger partial charge in [0.15, 0.2) is 0 Å². The Morgan fingerprint density at radius 3 is 2.63 bits per heavy atom. The molecule has 19 heavy (non-hydrogen) atoms. The average Bonchev–Trinajstić information content (AvgIpc) is 2.30. The maximum atomic E-state index is 12.0. The van der Waals surface area contributed by atoms with Gasteiger partial charge < -0.3 is 21.1 Å². The molecule has 1 aromatic rings. The van der Waals surface area contributed by atoms with E-state index < -0.39 is 0 Å². The summed E-state index contributed by atoms with van der Waals surface area (Å²) in [6.07, 6.45) is 3.41. The number of nitrogens with one attached hydrogen (secondary N) is 1. The summed E-state index contributed by atoms with van der Waals surface area (Å²) < 4.78 is 0. The van der Waals surface area contributed by atoms with Crippen molar-refractivity contribution in [1.29, 1.82) is 0 Å². The summed E-state index contributed by atoms with van der Waals surface area (Å²) in [5, 5.41) is 12.4. The summed E-state index contributed by atoms with van der Waals surface area (Å²) >= 11 is 0. The van der Waals surface area contributed by atoms with Crippen LogP contribution in [0.3, 0.4) is 0 Å². The molecule has 4 N–H and O–H groups in total. The highest BCUT2D eigenvalue weighted by Gasteiger charge is 2.39. The van der Waals surface area contributed by atoms with Crippen LogP contribution in [0.5, 0.6) is 5.75 Å². The molecule has 0 unspecified atom stereocenters. The molecule has 0 atom stereocenters. The summed E-state index contributed by atoms with van der Waals surface area (Å²) in [7, 11) is 4.08. The molecule has 0 bridgehead atoms. The first-order chi connectivity index (χ1) is 8.94. The van der Waals surface area contributed by atoms with Crippen molar-refractivity contribution in [3.8, 4) is 5.75 Å². The van der Waals surface area contributed by atoms with Crippen molar-refractivity contribution in [3.63, 3.8) is 0 Å². The van der Waals surface area contributed by atoms with Gasteiger partial charge in [-0.25, -0.2) is 0 Å². The van der Waals surface area contributed by atoms with Crippen molar-refractivity contribution in [3.05, 3.63) is 23.8 Å². The van der Waals surface area contributed by atoms with E-state index in [9.17, 15) is 9.90 Å². The second kappa shape index (κ2) is 5.09. The third-order valence-corrected chi connectivity index (χ3v) is 4.10. The number of anilines is 1. The van der Waals surface area contributed by atoms with Crippen molar-refractivity contribution >= 4 is 11.6 Å². The Hall–Kier alpha value is -1.75. The Kier molecular flexibility index (Phi) is 3.66. The average molecular weight is 263 g/mol. The predicted octanol–water partition coefficient (Wildman–Crippen LogP) is 1.19. The molecule has 104 valence electrons. The lowest BCUT2D eigenvalue weighted by atomic mass is 9.75. The smallest absolute Gasteiger partial charge is 0.251 e. The molecule has 0 radical (unpaired) electrons. The lowest BCUT2D eigenvalue weighted by molar-refractivity contribution is 0.0557. The lowest BCUT2D eigenvalue weighted by Crippen LogP contribution is -2.57. The molecule has 0 saturated heterocycles. The number of rotatable bonds is 4. The van der Waals surface area contributed by atoms with E-state index in [1.807, 2.05) is 14.1 Å². The number of hydrogen-bond donors (Lipinski definition) is 3. The van der Waals surface area contributed by atoms with Gasteiger partial charge in [-0.1, -0.05) is 0 Å². The van der Waals surface area contributed by atoms with E-state index in [-0.39, 0.29) is 22.9 Å². The maximum Gasteiger partial charge on any atom is 0.251 e. The van der Waals surface area contributed by atoms with Gasteiger partial charge in [-0.3, -0.25) is 4.79 Å². The Bertz CT molecular complexity index is 482. The molecule has 1 fully saturated rings. The van der Waals surface area contributed by atoms with Crippen molar-refractivity contribution in [2.45, 2.75) is 24.8 Å². The van der Waals surface area contributed by atoms with Crippen LogP contribution in [0.25, 0.3) is 0 Å². The largest absolute Gasteiger partial charge is 0.506 e. The number of carbonyl (C=O) groups excluding carboxylic acids is 1. The number of nitrogen functional groups attached to an aromatic ring is 1. The standard InChI is InChI=1S/C14H21N3O2/c1-17(2)14(6-3-7-14)9-16-13(19)10-4-5-11(15)12(18)8-10/h4-5,8,18H,3,6-7,9,15H2,1-2H3,(H,16,19). The Labute approximate surface area is 113 Å². The van der Waals surface area contributed by atoms with Gasteiger partial charge in [-0.2, -0.15) is 0 Å². The molecule has 0 spiro atoms. The van der Waals surface area contributed by atoms with Gasteiger partial charge in [-0.05, 0) is 51.6 Å². The molecule has 2 rings (SSSR count). The Morgan fingerprint density at radius 1 is 1.47 bits per heavy atom. The highest BCUT2D eigenvalue weighted by molar-refractivity contribution is 5.95. The van der Waals surface area contributed by atoms with Crippen LogP contribution in [0, 0.1) is 0 Å². The molecule has 1 aliphatic rings. The van der Waals surface area contributed by atoms with Crippen molar-refractivity contribution in [1.82, 2.24) is 10.2 Å². The number of aromatic hydroxyl groups is 1. The van der Waals surface area contributed by atoms with Gasteiger partial charge in [0.1, 0.15) is 5.75 Å². The molecular weight excluding hydrogens is 242 g/mol. The van der Waals surface area contributed by atoms with Crippen LogP contribution in [0.4, 0.5) is 5.69 Å². The van der Waals surface area contributed by atoms with E-state index in [2.05, 4.69) is 10.2 Å². The second-order valence-corrected chi connectivity index (χ2v) is 5.43. The molecule has 5 heteroatoms. The number of hydrogen-bond acceptors (Lipinski definition) is 4. The maximum absolute atomic E-state index is 12.0. The fourth-order valence-corrected chi connectivity index (χ4v) is 2.40. The minimum absolute atomic E-state index is 0.0568. The van der Waals surface area contributed by atoms with Crippen molar-refractivity contribution in [2.24, 2.45) is 0 Å². The predicted molar refractivity (Wildman–Crippen MR) is 75.1 cm³/mol. The van der Waals surface area contributed by atoms with Crippen LogP contribution in [0.15, 0.2) is 18.2 Å². The minimum atomic E-state index is -0.177. The molecule has 1 aromatic carbocycles. The first kappa shape index (κ1) is 13.7. The summed E-state index contributed by atoms with van der Waals surface area (Å²) in [6.45, 7) is 0.629. The first-order valence-corrected chi connectivity index (χ1v) is 6.49. The van der Waals surface area contributed by atoms with Gasteiger partial charge in [0.25, 0.3) is 5.91 Å². The van der Waals surface area contributed by atoms with Crippen LogP contribution >= 0.6 is 0 Å². The quantitative estimate of drug-likeness (QED) is 0.563. The lowest BCUT2D eigenvalue weighted by Gasteiger charge is -2.47. The summed E-state index contributed by atoms with van der Waals surface area (Å²) in [5.74, 6) is -0.234. The third-order valence-electron chi connectivity index (χ3n) is 4.10. The zero-order valence-corrected chi connectivity index (χ0v) is 11.4. The topological polar surface area (TPSA) is 78.6 Å². The summed E-state index contributed by atoms with van der Waals surface area (Å²) in [6, 6.07) is 4.55. The highest BCUT2D eigenvalue weighted by Crippen LogP contribution is 2.35. The molecule has 1 saturated carbocycles. The van der Waals surface area contributed by atoms with Crippen LogP contribution in [-0.4, -0.2) is 42.1 Å². The van der Waals surface area contributed by atoms with Crippen LogP contribution in [0.2, 0.25) is 0 Å². The Morgan fingerprint density at radius 2 is 2.16 bits per heavy atom. The van der Waals surface area contributed by atoms with Gasteiger partial charge in [0.2, 0.25) is 0 Å². The van der Waals surface area contributed by atoms with E-state index >= 15 is 0 Å². The molecule has 0 heterocycles. The number of nitrogens with two attached hydrogens (primary N) is 1. The van der Waals surface area contributed by atoms with Gasteiger partial charge in [0, 0.05) is 17.6 Å². The molecular formula is C14H21N3O2. The summed E-state index contributed by atoms with van der Waals surface area (Å²) in [5.41, 5.74) is 6.31. The zero-order valence-electron chi connectivity index (χ0n) is 11.4. The van der Waals surface area contributed by atoms with Crippen LogP contribution in [-0.2, 0) is 0 Å². The normalized spacial score (nSPS) is 17.0. The van der Waals surface area contributed by atoms with E-state index in [0.29, 0.717) is 12.1 Å². The number of likely N-dealkylation sites (N-methyl/N-ethyl adjacent to an activating group) is 1. The fraction of sp³-hybridized carbons (Fsp3) is 0.500. The van der Waals surface area contributed by atoms with Crippen molar-refractivity contribution < 1.29 is 9.90 Å². The van der Waals surface area contributed by atoms with Gasteiger partial charge in [-0.15, -0.1) is 0 Å². The first-order valence-electron chi connectivity index (χ1n) is 6.49. The fourth-order valence-electron chi connectivity index (χ4n) is 2.40. The number of benzene rings is 1. The molecule has 1 amide bonds. The summed E-state index contributed by atoms with van der Waals surface area (Å²) in [4.78, 5) is 14.2. The number of phenols is 1. The third kappa shape index (κ3) is 2.66. The van der Waals surface area contributed by atoms with Crippen LogP contribution < -0.4 is 11.1 Å². The van der Waals surface area contributed by atoms with E-state index in [4.69, 9.17) is 5.73 Å². The number of nitrogens with zero attached hydrogens (tertiary/aromatic N) is 1. The number of amides is 1. The van der Waals surface area contributed by atoms with Crippen LogP contribution in [0.1, 0.15) is 29.6 Å². The zero-order chi connectivity index (χ0) is 14.0. The highest BCUT2D eigenvalue weighted by atomic mass is 16.3. The Balaban J connectivity index is 1.99. The van der Waals surface area contributed by atoms with Gasteiger partial charge in [0.05, 0.1) is 5.69 Å². The molecule has 1 aliphatic carbocycles. The monoisotopic (exact) mass is 263 g/mol. The second-order valence-electron chi connectivity index (χ2n) is 5.43. The molecule has 5 nitrogen and oxygen atoms in total. The molecule has 0 aromatic heterocycles. The van der Waals surface area contributed by atoms with E-state index in [1.165, 1.54) is 18.6 Å². The van der Waals surface area contributed by atoms with Crippen molar-refractivity contribution in [2.75, 3.05) is 26.4 Å². The minimum Gasteiger partial charge on any atom is -0.506 e. The number of carbonyl (C=O) groups is 1. The van der Waals surface area contributed by atoms with Gasteiger partial charge >= 0.3 is 0 Å². The SMILES string of the molecule is CN(C)C1(CNC(=O)c2ccc(N)c(O)c2)CCC1. The van der Waals surface area contributed by atoms with E-state index in [1.54, 1.807) is 6.07 Å². The molecule has 0 aliphatic heterocycles. The van der Waals surface area contributed by atoms with E-state index in [0.717, 1.165) is 12.8 Å².